The Morgan fingerprint density at radius 3 is 3.10 bits per heavy atom. The van der Waals surface area contributed by atoms with Gasteiger partial charge in [-0.25, -0.2) is 0 Å². The van der Waals surface area contributed by atoms with Gasteiger partial charge in [-0.3, -0.25) is 0 Å². The van der Waals surface area contributed by atoms with Gasteiger partial charge in [0, 0.05) is 11.3 Å². The molecule has 2 nitrogen and oxygen atoms in total. The fourth-order valence-corrected chi connectivity index (χ4v) is 1.54. The maximum absolute atomic E-state index is 9.94. The van der Waals surface area contributed by atoms with Gasteiger partial charge in [0.1, 0.15) is 11.4 Å². The zero-order valence-electron chi connectivity index (χ0n) is 5.21. The van der Waals surface area contributed by atoms with Gasteiger partial charge in [-0.2, -0.15) is 4.37 Å². The average molecular weight is 176 g/mol. The highest BCUT2D eigenvalue weighted by molar-refractivity contribution is 7.06. The van der Waals surface area contributed by atoms with Gasteiger partial charge < -0.3 is 4.79 Å². The van der Waals surface area contributed by atoms with Crippen molar-refractivity contribution in [1.82, 2.24) is 4.37 Å². The lowest BCUT2D eigenvalue weighted by atomic mass is 10.3. The molecule has 0 unspecified atom stereocenters. The summed E-state index contributed by atoms with van der Waals surface area (Å²) in [5, 5.41) is 0.519. The van der Waals surface area contributed by atoms with E-state index in [4.69, 9.17) is 11.6 Å². The van der Waals surface area contributed by atoms with E-state index < -0.39 is 0 Å². The highest BCUT2D eigenvalue weighted by Gasteiger charge is 1.97. The second-order valence-corrected chi connectivity index (χ2v) is 3.10. The second kappa shape index (κ2) is 3.68. The number of aryl methyl sites for hydroxylation is 1. The summed E-state index contributed by atoms with van der Waals surface area (Å²) in [7, 11) is 0. The van der Waals surface area contributed by atoms with E-state index in [-0.39, 0.29) is 0 Å². The molecule has 0 aromatic carbocycles. The van der Waals surface area contributed by atoms with Gasteiger partial charge in [-0.1, -0.05) is 11.6 Å². The molecule has 0 amide bonds. The predicted octanol–water partition coefficient (Wildman–Crippen LogP) is 1.93. The Hall–Kier alpha value is -0.410. The van der Waals surface area contributed by atoms with E-state index in [1.807, 2.05) is 0 Å². The summed E-state index contributed by atoms with van der Waals surface area (Å²) >= 11 is 6.90. The van der Waals surface area contributed by atoms with Crippen molar-refractivity contribution in [2.24, 2.45) is 0 Å². The summed E-state index contributed by atoms with van der Waals surface area (Å²) < 4.78 is 3.86. The maximum Gasteiger partial charge on any atom is 0.143 e. The van der Waals surface area contributed by atoms with Gasteiger partial charge in [0.05, 0.1) is 0 Å². The second-order valence-electron chi connectivity index (χ2n) is 1.82. The van der Waals surface area contributed by atoms with Crippen molar-refractivity contribution in [2.75, 3.05) is 0 Å². The summed E-state index contributed by atoms with van der Waals surface area (Å²) in [6.07, 6.45) is 2.21. The van der Waals surface area contributed by atoms with Gasteiger partial charge >= 0.3 is 0 Å². The predicted molar refractivity (Wildman–Crippen MR) is 41.5 cm³/mol. The largest absolute Gasteiger partial charge is 0.303 e. The van der Waals surface area contributed by atoms with Crippen LogP contribution in [0.1, 0.15) is 11.3 Å². The molecule has 0 radical (unpaired) electrons. The van der Waals surface area contributed by atoms with Crippen LogP contribution in [0.5, 0.6) is 0 Å². The summed E-state index contributed by atoms with van der Waals surface area (Å²) in [4.78, 5) is 11.0. The lowest BCUT2D eigenvalue weighted by Crippen LogP contribution is -1.79. The van der Waals surface area contributed by atoms with Crippen LogP contribution in [0.25, 0.3) is 0 Å². The molecule has 0 bridgehead atoms. The quantitative estimate of drug-likeness (QED) is 0.658. The first kappa shape index (κ1) is 7.69. The zero-order valence-corrected chi connectivity index (χ0v) is 6.78. The molecule has 54 valence electrons. The van der Waals surface area contributed by atoms with Crippen molar-refractivity contribution in [3.05, 3.63) is 16.1 Å². The van der Waals surface area contributed by atoms with Gasteiger partial charge in [0.2, 0.25) is 0 Å². The van der Waals surface area contributed by atoms with E-state index in [1.165, 1.54) is 11.5 Å². The van der Waals surface area contributed by atoms with Crippen LogP contribution < -0.4 is 0 Å². The Bertz CT molecular complexity index is 223. The first-order chi connectivity index (χ1) is 4.83. The maximum atomic E-state index is 9.94. The minimum atomic E-state index is 0.519. The molecule has 10 heavy (non-hydrogen) atoms. The molecule has 0 aliphatic carbocycles. The fourth-order valence-electron chi connectivity index (χ4n) is 0.607. The Labute approximate surface area is 68.0 Å². The van der Waals surface area contributed by atoms with E-state index in [9.17, 15) is 4.79 Å². The molecule has 0 aliphatic rings. The number of hydrogen-bond acceptors (Lipinski definition) is 3. The molecule has 0 aliphatic heterocycles. The topological polar surface area (TPSA) is 30.0 Å². The molecule has 1 heterocycles. The molecule has 0 saturated carbocycles. The Balaban J connectivity index is 2.49. The number of aldehydes is 1. The van der Waals surface area contributed by atoms with E-state index >= 15 is 0 Å². The third-order valence-electron chi connectivity index (χ3n) is 1.04. The highest BCUT2D eigenvalue weighted by atomic mass is 35.5. The van der Waals surface area contributed by atoms with E-state index in [1.54, 1.807) is 6.07 Å². The number of carbonyl (C=O) groups is 1. The number of carbonyl (C=O) groups excluding carboxylic acids is 1. The van der Waals surface area contributed by atoms with Crippen molar-refractivity contribution in [2.45, 2.75) is 12.8 Å². The van der Waals surface area contributed by atoms with Crippen molar-refractivity contribution in [3.63, 3.8) is 0 Å². The molecule has 1 aromatic heterocycles. The molecule has 0 N–H and O–H groups in total. The lowest BCUT2D eigenvalue weighted by molar-refractivity contribution is -0.107. The lowest BCUT2D eigenvalue weighted by Gasteiger charge is -1.83. The Kier molecular flexibility index (Phi) is 2.83. The average Bonchev–Trinajstić information content (AvgIpc) is 2.31. The number of halogens is 1. The zero-order chi connectivity index (χ0) is 7.40. The number of aromatic nitrogens is 1. The SMILES string of the molecule is O=CCCc1cc(Cl)ns1. The molecule has 0 saturated heterocycles. The monoisotopic (exact) mass is 175 g/mol. The number of nitrogens with zero attached hydrogens (tertiary/aromatic N) is 1. The summed E-state index contributed by atoms with van der Waals surface area (Å²) in [6.45, 7) is 0. The highest BCUT2D eigenvalue weighted by Crippen LogP contribution is 2.15. The van der Waals surface area contributed by atoms with Gasteiger partial charge in [-0.05, 0) is 24.0 Å². The van der Waals surface area contributed by atoms with Crippen LogP contribution in [0.15, 0.2) is 6.07 Å². The van der Waals surface area contributed by atoms with Crippen molar-refractivity contribution in [3.8, 4) is 0 Å². The Morgan fingerprint density at radius 1 is 1.80 bits per heavy atom. The summed E-state index contributed by atoms with van der Waals surface area (Å²) in [5.74, 6) is 0. The van der Waals surface area contributed by atoms with Crippen molar-refractivity contribution in [1.29, 1.82) is 0 Å². The minimum absolute atomic E-state index is 0.519. The van der Waals surface area contributed by atoms with Gasteiger partial charge in [0.25, 0.3) is 0 Å². The first-order valence-electron chi connectivity index (χ1n) is 2.87. The molecule has 1 aromatic rings. The molecule has 0 fully saturated rings. The third kappa shape index (κ3) is 2.08. The molecular weight excluding hydrogens is 170 g/mol. The summed E-state index contributed by atoms with van der Waals surface area (Å²) in [5.41, 5.74) is 0. The number of rotatable bonds is 3. The smallest absolute Gasteiger partial charge is 0.143 e. The van der Waals surface area contributed by atoms with Crippen LogP contribution in [0, 0.1) is 0 Å². The van der Waals surface area contributed by atoms with Crippen LogP contribution >= 0.6 is 23.1 Å². The molecule has 0 atom stereocenters. The third-order valence-corrected chi connectivity index (χ3v) is 2.18. The van der Waals surface area contributed by atoms with Crippen LogP contribution in [0.2, 0.25) is 5.15 Å². The van der Waals surface area contributed by atoms with Crippen molar-refractivity contribution < 1.29 is 4.79 Å². The molecular formula is C6H6ClNOS. The first-order valence-corrected chi connectivity index (χ1v) is 4.03. The summed E-state index contributed by atoms with van der Waals surface area (Å²) in [6, 6.07) is 1.79. The Morgan fingerprint density at radius 2 is 2.60 bits per heavy atom. The van der Waals surface area contributed by atoms with Crippen LogP contribution in [-0.2, 0) is 11.2 Å². The van der Waals surface area contributed by atoms with E-state index in [2.05, 4.69) is 4.37 Å². The van der Waals surface area contributed by atoms with Crippen LogP contribution in [0.4, 0.5) is 0 Å². The number of hydrogen-bond donors (Lipinski definition) is 0. The van der Waals surface area contributed by atoms with Gasteiger partial charge in [0.15, 0.2) is 0 Å². The molecule has 1 rings (SSSR count). The molecule has 0 spiro atoms. The van der Waals surface area contributed by atoms with Crippen LogP contribution in [0.3, 0.4) is 0 Å². The molecule has 4 heteroatoms. The standard InChI is InChI=1S/C6H6ClNOS/c7-6-4-5(10-8-6)2-1-3-9/h3-4H,1-2H2. The minimum Gasteiger partial charge on any atom is -0.303 e. The van der Waals surface area contributed by atoms with Gasteiger partial charge in [-0.15, -0.1) is 0 Å². The van der Waals surface area contributed by atoms with Crippen molar-refractivity contribution >= 4 is 29.4 Å². The van der Waals surface area contributed by atoms with E-state index in [0.717, 1.165) is 17.6 Å². The normalized spacial score (nSPS) is 9.70. The fraction of sp³-hybridized carbons (Fsp3) is 0.333. The van der Waals surface area contributed by atoms with Crippen LogP contribution in [-0.4, -0.2) is 10.7 Å². The van der Waals surface area contributed by atoms with E-state index in [0.29, 0.717) is 11.6 Å².